The first kappa shape index (κ1) is 27.3. The molecule has 1 atom stereocenters. The van der Waals surface area contributed by atoms with E-state index in [0.717, 1.165) is 34.6 Å². The summed E-state index contributed by atoms with van der Waals surface area (Å²) in [5.74, 6) is 0. The number of ether oxygens (including phenoxy) is 2. The van der Waals surface area contributed by atoms with E-state index in [1.807, 2.05) is 0 Å². The first-order valence-electron chi connectivity index (χ1n) is 10.5. The second-order valence-electron chi connectivity index (χ2n) is 7.66. The maximum Gasteiger partial charge on any atom is 0.416 e. The molecule has 0 fully saturated rings. The van der Waals surface area contributed by atoms with Gasteiger partial charge in [-0.1, -0.05) is 48.5 Å². The Morgan fingerprint density at radius 1 is 0.917 bits per heavy atom. The Bertz CT molecular complexity index is 1280. The predicted molar refractivity (Wildman–Crippen MR) is 124 cm³/mol. The molecular weight excluding hydrogens is 501 g/mol. The summed E-state index contributed by atoms with van der Waals surface area (Å²) in [6, 6.07) is 15.4. The first-order valence-corrected chi connectivity index (χ1v) is 12.0. The quantitative estimate of drug-likeness (QED) is 0.206. The minimum Gasteiger partial charge on any atom is -0.354 e. The summed E-state index contributed by atoms with van der Waals surface area (Å²) >= 11 is 0. The molecule has 0 aliphatic heterocycles. The predicted octanol–water partition coefficient (Wildman–Crippen LogP) is 5.16. The Morgan fingerprint density at radius 2 is 1.47 bits per heavy atom. The Labute approximate surface area is 206 Å². The number of non-ortho nitro benzene ring substituents is 1. The summed E-state index contributed by atoms with van der Waals surface area (Å²) in [4.78, 5) is 10.0. The number of rotatable bonds is 10. The lowest BCUT2D eigenvalue weighted by Crippen LogP contribution is -2.42. The summed E-state index contributed by atoms with van der Waals surface area (Å²) in [7, 11) is -2.15. The van der Waals surface area contributed by atoms with E-state index in [4.69, 9.17) is 9.47 Å². The van der Waals surface area contributed by atoms with Crippen molar-refractivity contribution in [3.63, 3.8) is 0 Å². The molecule has 0 aromatic heterocycles. The molecule has 3 aromatic rings. The molecule has 8 nitrogen and oxygen atoms in total. The molecule has 0 bridgehead atoms. The van der Waals surface area contributed by atoms with Gasteiger partial charge >= 0.3 is 6.18 Å². The van der Waals surface area contributed by atoms with Crippen molar-refractivity contribution in [2.24, 2.45) is 0 Å². The highest BCUT2D eigenvalue weighted by Crippen LogP contribution is 2.41. The van der Waals surface area contributed by atoms with Crippen molar-refractivity contribution >= 4 is 15.7 Å². The van der Waals surface area contributed by atoms with Crippen LogP contribution in [-0.4, -0.2) is 38.2 Å². The van der Waals surface area contributed by atoms with E-state index in [-0.39, 0.29) is 22.7 Å². The third-order valence-corrected chi connectivity index (χ3v) is 7.29. The zero-order valence-corrected chi connectivity index (χ0v) is 20.1. The number of sulfonamides is 1. The van der Waals surface area contributed by atoms with Gasteiger partial charge in [0.25, 0.3) is 5.69 Å². The second kappa shape index (κ2) is 11.2. The van der Waals surface area contributed by atoms with E-state index >= 15 is 0 Å². The number of hydrogen-bond donors (Lipinski definition) is 0. The normalized spacial score (nSPS) is 13.2. The average Bonchev–Trinajstić information content (AvgIpc) is 2.86. The molecule has 0 saturated heterocycles. The summed E-state index contributed by atoms with van der Waals surface area (Å²) in [6.45, 7) is -0.333. The topological polar surface area (TPSA) is 99.0 Å². The lowest BCUT2D eigenvalue weighted by molar-refractivity contribution is -0.384. The zero-order valence-electron chi connectivity index (χ0n) is 19.3. The van der Waals surface area contributed by atoms with Crippen molar-refractivity contribution < 1.29 is 36.0 Å². The van der Waals surface area contributed by atoms with Crippen LogP contribution < -0.4 is 0 Å². The van der Waals surface area contributed by atoms with Crippen LogP contribution in [0, 0.1) is 10.1 Å². The number of hydrogen-bond acceptors (Lipinski definition) is 6. The van der Waals surface area contributed by atoms with Gasteiger partial charge in [0.2, 0.25) is 10.0 Å². The molecule has 12 heteroatoms. The minimum atomic E-state index is -4.80. The van der Waals surface area contributed by atoms with Crippen LogP contribution >= 0.6 is 0 Å². The number of alkyl halides is 3. The van der Waals surface area contributed by atoms with Gasteiger partial charge in [-0.25, -0.2) is 8.42 Å². The molecule has 0 unspecified atom stereocenters. The smallest absolute Gasteiger partial charge is 0.354 e. The van der Waals surface area contributed by atoms with Crippen LogP contribution in [0.1, 0.15) is 22.7 Å². The van der Waals surface area contributed by atoms with Crippen LogP contribution in [0.5, 0.6) is 0 Å². The molecule has 0 spiro atoms. The summed E-state index contributed by atoms with van der Waals surface area (Å²) in [6.07, 6.45) is -6.22. The largest absolute Gasteiger partial charge is 0.416 e. The van der Waals surface area contributed by atoms with Crippen LogP contribution in [0.25, 0.3) is 0 Å². The van der Waals surface area contributed by atoms with Crippen LogP contribution in [-0.2, 0) is 32.2 Å². The Kier molecular flexibility index (Phi) is 8.46. The Hall–Kier alpha value is -3.32. The number of nitro benzene ring substituents is 1. The maximum absolute atomic E-state index is 14.0. The van der Waals surface area contributed by atoms with Crippen molar-refractivity contribution in [3.8, 4) is 0 Å². The van der Waals surface area contributed by atoms with Gasteiger partial charge < -0.3 is 9.47 Å². The van der Waals surface area contributed by atoms with E-state index < -0.39 is 39.0 Å². The average molecular weight is 525 g/mol. The lowest BCUT2D eigenvalue weighted by atomic mass is 9.98. The summed E-state index contributed by atoms with van der Waals surface area (Å²) in [5, 5.41) is 11.0. The molecular formula is C24H23F3N2O6S. The standard InChI is InChI=1S/C24H23F3N2O6S/c1-34-23(35-2)22(20-10-6-7-11-21(20)24(25,26)27)28(16-17-8-4-3-5-9-17)36(32,33)19-14-12-18(13-15-19)29(30)31/h3-15,22-23H,16H2,1-2H3/t22-/m1/s1. The fourth-order valence-electron chi connectivity index (χ4n) is 3.78. The van der Waals surface area contributed by atoms with Crippen molar-refractivity contribution in [3.05, 3.63) is 106 Å². The van der Waals surface area contributed by atoms with E-state index in [9.17, 15) is 31.7 Å². The number of benzene rings is 3. The molecule has 0 radical (unpaired) electrons. The third kappa shape index (κ3) is 5.90. The van der Waals surface area contributed by atoms with Gasteiger partial charge in [-0.15, -0.1) is 0 Å². The van der Waals surface area contributed by atoms with Gasteiger partial charge in [0, 0.05) is 32.9 Å². The second-order valence-corrected chi connectivity index (χ2v) is 9.55. The highest BCUT2D eigenvalue weighted by molar-refractivity contribution is 7.89. The number of nitrogens with zero attached hydrogens (tertiary/aromatic N) is 2. The van der Waals surface area contributed by atoms with Gasteiger partial charge in [-0.2, -0.15) is 17.5 Å². The fourth-order valence-corrected chi connectivity index (χ4v) is 5.36. The van der Waals surface area contributed by atoms with Crippen molar-refractivity contribution in [2.75, 3.05) is 14.2 Å². The van der Waals surface area contributed by atoms with E-state index in [1.165, 1.54) is 32.4 Å². The summed E-state index contributed by atoms with van der Waals surface area (Å²) < 4.78 is 81.2. The third-order valence-electron chi connectivity index (χ3n) is 5.45. The molecule has 0 amide bonds. The molecule has 0 saturated carbocycles. The molecule has 192 valence electrons. The van der Waals surface area contributed by atoms with Crippen LogP contribution in [0.4, 0.5) is 18.9 Å². The Balaban J connectivity index is 2.27. The zero-order chi connectivity index (χ0) is 26.5. The molecule has 0 heterocycles. The monoisotopic (exact) mass is 524 g/mol. The highest BCUT2D eigenvalue weighted by Gasteiger charge is 2.43. The lowest BCUT2D eigenvalue weighted by Gasteiger charge is -2.36. The van der Waals surface area contributed by atoms with E-state index in [0.29, 0.717) is 5.56 Å². The van der Waals surface area contributed by atoms with E-state index in [1.54, 1.807) is 30.3 Å². The van der Waals surface area contributed by atoms with Gasteiger partial charge in [0.1, 0.15) is 6.04 Å². The Morgan fingerprint density at radius 3 is 2.00 bits per heavy atom. The maximum atomic E-state index is 14.0. The molecule has 3 rings (SSSR count). The molecule has 3 aromatic carbocycles. The molecule has 0 aliphatic carbocycles. The molecule has 36 heavy (non-hydrogen) atoms. The molecule has 0 N–H and O–H groups in total. The summed E-state index contributed by atoms with van der Waals surface area (Å²) in [5.41, 5.74) is -1.27. The number of halogens is 3. The van der Waals surface area contributed by atoms with Crippen LogP contribution in [0.3, 0.4) is 0 Å². The number of methoxy groups -OCH3 is 2. The SMILES string of the molecule is COC(OC)[C@@H](c1ccccc1C(F)(F)F)N(Cc1ccccc1)S(=O)(=O)c1ccc([N+](=O)[O-])cc1. The van der Waals surface area contributed by atoms with Crippen LogP contribution in [0.2, 0.25) is 0 Å². The van der Waals surface area contributed by atoms with Crippen molar-refractivity contribution in [2.45, 2.75) is 29.9 Å². The van der Waals surface area contributed by atoms with Crippen molar-refractivity contribution in [1.29, 1.82) is 0 Å². The van der Waals surface area contributed by atoms with Gasteiger partial charge in [0.15, 0.2) is 6.29 Å². The van der Waals surface area contributed by atoms with E-state index in [2.05, 4.69) is 0 Å². The minimum absolute atomic E-state index is 0.333. The van der Waals surface area contributed by atoms with Gasteiger partial charge in [-0.3, -0.25) is 10.1 Å². The highest BCUT2D eigenvalue weighted by atomic mass is 32.2. The fraction of sp³-hybridized carbons (Fsp3) is 0.250. The number of nitro groups is 1. The van der Waals surface area contributed by atoms with Crippen molar-refractivity contribution in [1.82, 2.24) is 4.31 Å². The molecule has 0 aliphatic rings. The van der Waals surface area contributed by atoms with Crippen LogP contribution in [0.15, 0.2) is 83.8 Å². The first-order chi connectivity index (χ1) is 17.0. The van der Waals surface area contributed by atoms with Gasteiger partial charge in [0.05, 0.1) is 15.4 Å². The van der Waals surface area contributed by atoms with Gasteiger partial charge in [-0.05, 0) is 29.3 Å².